The van der Waals surface area contributed by atoms with Crippen molar-refractivity contribution in [2.45, 2.75) is 64.0 Å². The van der Waals surface area contributed by atoms with Crippen LogP contribution in [-0.2, 0) is 0 Å². The van der Waals surface area contributed by atoms with Crippen LogP contribution in [0.1, 0.15) is 60.9 Å². The first kappa shape index (κ1) is 17.8. The summed E-state index contributed by atoms with van der Waals surface area (Å²) in [6.45, 7) is 4.16. The van der Waals surface area contributed by atoms with E-state index in [1.54, 1.807) is 7.11 Å². The summed E-state index contributed by atoms with van der Waals surface area (Å²) >= 11 is 0. The summed E-state index contributed by atoms with van der Waals surface area (Å²) in [4.78, 5) is 15.5. The number of nitrogens with one attached hydrogen (secondary N) is 1. The largest absolute Gasteiger partial charge is 0.496 e. The van der Waals surface area contributed by atoms with Crippen LogP contribution in [0.3, 0.4) is 0 Å². The van der Waals surface area contributed by atoms with Gasteiger partial charge in [-0.2, -0.15) is 0 Å². The number of carbonyl (C=O) groups is 1. The van der Waals surface area contributed by atoms with E-state index in [1.165, 1.54) is 38.5 Å². The first-order chi connectivity index (χ1) is 12.7. The Hall–Kier alpha value is -1.55. The van der Waals surface area contributed by atoms with Crippen LogP contribution in [0.2, 0.25) is 0 Å². The first-order valence-electron chi connectivity index (χ1n) is 10.4. The Bertz CT molecular complexity index is 638. The van der Waals surface area contributed by atoms with Crippen molar-refractivity contribution < 1.29 is 9.53 Å². The summed E-state index contributed by atoms with van der Waals surface area (Å²) in [7, 11) is 1.63. The summed E-state index contributed by atoms with van der Waals surface area (Å²) < 4.78 is 5.41. The maximum absolute atomic E-state index is 12.8. The number of carbonyl (C=O) groups excluding carboxylic acids is 1. The van der Waals surface area contributed by atoms with Crippen molar-refractivity contribution in [3.8, 4) is 5.75 Å². The van der Waals surface area contributed by atoms with Crippen LogP contribution in [0.15, 0.2) is 18.2 Å². The van der Waals surface area contributed by atoms with E-state index in [9.17, 15) is 4.79 Å². The van der Waals surface area contributed by atoms with Gasteiger partial charge >= 0.3 is 0 Å². The van der Waals surface area contributed by atoms with Crippen LogP contribution in [0.5, 0.6) is 5.75 Å². The Morgan fingerprint density at radius 3 is 2.46 bits per heavy atom. The Balaban J connectivity index is 1.39. The molecule has 3 aliphatic rings. The van der Waals surface area contributed by atoms with Gasteiger partial charge in [-0.3, -0.25) is 9.69 Å². The van der Waals surface area contributed by atoms with Gasteiger partial charge in [-0.1, -0.05) is 18.9 Å². The lowest BCUT2D eigenvalue weighted by atomic mass is 9.68. The smallest absolute Gasteiger partial charge is 0.255 e. The average Bonchev–Trinajstić information content (AvgIpc) is 3.08. The fourth-order valence-electron chi connectivity index (χ4n) is 5.66. The molecule has 1 aliphatic heterocycles. The van der Waals surface area contributed by atoms with Crippen molar-refractivity contribution >= 4 is 5.91 Å². The van der Waals surface area contributed by atoms with Gasteiger partial charge in [-0.25, -0.2) is 0 Å². The number of likely N-dealkylation sites (tertiary alicyclic amines) is 1. The molecule has 2 saturated carbocycles. The Kier molecular flexibility index (Phi) is 5.21. The molecule has 0 aromatic heterocycles. The molecule has 1 saturated heterocycles. The molecule has 1 amide bonds. The van der Waals surface area contributed by atoms with Crippen LogP contribution in [0, 0.1) is 18.8 Å². The first-order valence-corrected chi connectivity index (χ1v) is 10.4. The summed E-state index contributed by atoms with van der Waals surface area (Å²) in [6.07, 6.45) is 9.56. The highest BCUT2D eigenvalue weighted by Gasteiger charge is 2.42. The number of fused-ring (bicyclic) bond motifs is 2. The molecular weight excluding hydrogens is 324 g/mol. The van der Waals surface area contributed by atoms with Crippen LogP contribution >= 0.6 is 0 Å². The van der Waals surface area contributed by atoms with Gasteiger partial charge in [0.1, 0.15) is 5.75 Å². The molecular formula is C22H32N2O2. The summed E-state index contributed by atoms with van der Waals surface area (Å²) in [5.41, 5.74) is 1.75. The minimum Gasteiger partial charge on any atom is -0.496 e. The highest BCUT2D eigenvalue weighted by molar-refractivity contribution is 5.97. The third-order valence-electron chi connectivity index (χ3n) is 6.84. The highest BCUT2D eigenvalue weighted by atomic mass is 16.5. The molecule has 4 nitrogen and oxygen atoms in total. The van der Waals surface area contributed by atoms with E-state index < -0.39 is 0 Å². The second kappa shape index (κ2) is 7.59. The Morgan fingerprint density at radius 1 is 1.12 bits per heavy atom. The third kappa shape index (κ3) is 3.48. The van der Waals surface area contributed by atoms with Gasteiger partial charge < -0.3 is 10.1 Å². The quantitative estimate of drug-likeness (QED) is 0.893. The van der Waals surface area contributed by atoms with E-state index in [1.807, 2.05) is 25.1 Å². The lowest BCUT2D eigenvalue weighted by Gasteiger charge is -2.47. The van der Waals surface area contributed by atoms with E-state index in [-0.39, 0.29) is 11.9 Å². The molecule has 26 heavy (non-hydrogen) atoms. The maximum atomic E-state index is 12.8. The zero-order chi connectivity index (χ0) is 18.1. The molecule has 1 atom stereocenters. The molecule has 0 spiro atoms. The van der Waals surface area contributed by atoms with Crippen LogP contribution in [0.4, 0.5) is 0 Å². The zero-order valence-corrected chi connectivity index (χ0v) is 16.2. The van der Waals surface area contributed by atoms with Crippen LogP contribution in [-0.4, -0.2) is 43.1 Å². The molecule has 3 fully saturated rings. The van der Waals surface area contributed by atoms with Crippen molar-refractivity contribution in [1.82, 2.24) is 10.2 Å². The van der Waals surface area contributed by atoms with Gasteiger partial charge in [-0.05, 0) is 68.6 Å². The molecule has 2 bridgehead atoms. The summed E-state index contributed by atoms with van der Waals surface area (Å²) in [5.74, 6) is 2.46. The van der Waals surface area contributed by atoms with Crippen molar-refractivity contribution in [2.24, 2.45) is 11.8 Å². The third-order valence-corrected chi connectivity index (χ3v) is 6.84. The molecule has 1 aromatic rings. The van der Waals surface area contributed by atoms with E-state index in [0.29, 0.717) is 11.3 Å². The molecule has 0 radical (unpaired) electrons. The topological polar surface area (TPSA) is 41.6 Å². The number of hydrogen-bond donors (Lipinski definition) is 1. The molecule has 4 heteroatoms. The number of aryl methyl sites for hydroxylation is 1. The average molecular weight is 357 g/mol. The molecule has 4 rings (SSSR count). The normalized spacial score (nSPS) is 31.6. The van der Waals surface area contributed by atoms with E-state index in [2.05, 4.69) is 10.2 Å². The van der Waals surface area contributed by atoms with Gasteiger partial charge in [0.2, 0.25) is 0 Å². The number of methoxy groups -OCH3 is 1. The molecule has 142 valence electrons. The lowest BCUT2D eigenvalue weighted by Crippen LogP contribution is -2.50. The van der Waals surface area contributed by atoms with Gasteiger partial charge in [0.05, 0.1) is 12.7 Å². The number of ether oxygens (including phenoxy) is 1. The van der Waals surface area contributed by atoms with E-state index in [4.69, 9.17) is 4.74 Å². The van der Waals surface area contributed by atoms with E-state index in [0.717, 1.165) is 43.0 Å². The van der Waals surface area contributed by atoms with Crippen molar-refractivity contribution in [3.05, 3.63) is 29.3 Å². The van der Waals surface area contributed by atoms with Gasteiger partial charge in [0.15, 0.2) is 0 Å². The molecule has 0 unspecified atom stereocenters. The number of amides is 1. The molecule has 1 heterocycles. The predicted octanol–water partition coefficient (Wildman–Crippen LogP) is 3.78. The second-order valence-corrected chi connectivity index (χ2v) is 8.53. The molecule has 1 aromatic carbocycles. The maximum Gasteiger partial charge on any atom is 0.255 e. The van der Waals surface area contributed by atoms with Crippen LogP contribution < -0.4 is 10.1 Å². The van der Waals surface area contributed by atoms with Crippen molar-refractivity contribution in [3.63, 3.8) is 0 Å². The Morgan fingerprint density at radius 2 is 1.81 bits per heavy atom. The highest BCUT2D eigenvalue weighted by Crippen LogP contribution is 2.43. The van der Waals surface area contributed by atoms with Gasteiger partial charge in [-0.15, -0.1) is 0 Å². The monoisotopic (exact) mass is 356 g/mol. The minimum atomic E-state index is -0.00228. The van der Waals surface area contributed by atoms with Gasteiger partial charge in [0, 0.05) is 25.2 Å². The van der Waals surface area contributed by atoms with Crippen molar-refractivity contribution in [2.75, 3.05) is 20.2 Å². The standard InChI is InChI=1S/C22H32N2O2/c1-15-9-10-19(20(13-15)26-2)22(25)23-18-11-12-24(14-18)21-16-5-3-6-17(21)8-4-7-16/h9-10,13,16-18,21H,3-8,11-12,14H2,1-2H3,(H,23,25)/t16?,17?,18-,21?/m0/s1. The van der Waals surface area contributed by atoms with E-state index >= 15 is 0 Å². The number of hydrogen-bond acceptors (Lipinski definition) is 3. The number of benzene rings is 1. The number of nitrogens with zero attached hydrogens (tertiary/aromatic N) is 1. The molecule has 2 aliphatic carbocycles. The zero-order valence-electron chi connectivity index (χ0n) is 16.2. The fourth-order valence-corrected chi connectivity index (χ4v) is 5.66. The van der Waals surface area contributed by atoms with Gasteiger partial charge in [0.25, 0.3) is 5.91 Å². The number of rotatable bonds is 4. The van der Waals surface area contributed by atoms with Crippen molar-refractivity contribution in [1.29, 1.82) is 0 Å². The lowest BCUT2D eigenvalue weighted by molar-refractivity contribution is 0.0346. The Labute approximate surface area is 157 Å². The van der Waals surface area contributed by atoms with Crippen LogP contribution in [0.25, 0.3) is 0 Å². The summed E-state index contributed by atoms with van der Waals surface area (Å²) in [5, 5.41) is 3.26. The minimum absolute atomic E-state index is 0.00228. The SMILES string of the molecule is COc1cc(C)ccc1C(=O)N[C@H]1CCN(C2C3CCCC2CCC3)C1. The predicted molar refractivity (Wildman–Crippen MR) is 104 cm³/mol. The molecule has 1 N–H and O–H groups in total. The fraction of sp³-hybridized carbons (Fsp3) is 0.682. The summed E-state index contributed by atoms with van der Waals surface area (Å²) in [6, 6.07) is 6.81. The second-order valence-electron chi connectivity index (χ2n) is 8.53.